The van der Waals surface area contributed by atoms with Gasteiger partial charge in [-0.3, -0.25) is 14.5 Å². The Labute approximate surface area is 165 Å². The normalized spacial score (nSPS) is 16.9. The van der Waals surface area contributed by atoms with Gasteiger partial charge in [-0.25, -0.2) is 0 Å². The van der Waals surface area contributed by atoms with Gasteiger partial charge in [0.2, 0.25) is 5.91 Å². The van der Waals surface area contributed by atoms with Gasteiger partial charge in [-0.1, -0.05) is 17.3 Å². The molecule has 28 heavy (non-hydrogen) atoms. The molecule has 2 aromatic rings. The van der Waals surface area contributed by atoms with Gasteiger partial charge < -0.3 is 14.7 Å². The third kappa shape index (κ3) is 4.42. The highest BCUT2D eigenvalue weighted by Gasteiger charge is 2.28. The summed E-state index contributed by atoms with van der Waals surface area (Å²) in [5.41, 5.74) is 3.04. The number of rotatable bonds is 6. The Morgan fingerprint density at radius 1 is 1.29 bits per heavy atom. The summed E-state index contributed by atoms with van der Waals surface area (Å²) in [5, 5.41) is 6.71. The van der Waals surface area contributed by atoms with Gasteiger partial charge in [0, 0.05) is 44.7 Å². The van der Waals surface area contributed by atoms with Crippen molar-refractivity contribution in [3.05, 3.63) is 46.8 Å². The van der Waals surface area contributed by atoms with E-state index in [1.165, 1.54) is 0 Å². The summed E-state index contributed by atoms with van der Waals surface area (Å²) in [6.07, 6.45) is 1.01. The monoisotopic (exact) mass is 384 g/mol. The first-order valence-electron chi connectivity index (χ1n) is 9.71. The van der Waals surface area contributed by atoms with Crippen molar-refractivity contribution in [2.24, 2.45) is 0 Å². The molecule has 7 nitrogen and oxygen atoms in total. The lowest BCUT2D eigenvalue weighted by Crippen LogP contribution is -2.40. The van der Waals surface area contributed by atoms with Crippen molar-refractivity contribution in [3.8, 4) is 0 Å². The van der Waals surface area contributed by atoms with E-state index in [4.69, 9.17) is 4.52 Å². The predicted octanol–water partition coefficient (Wildman–Crippen LogP) is 2.99. The molecule has 1 saturated heterocycles. The topological polar surface area (TPSA) is 78.7 Å². The SMILES string of the molecule is CCN(C(C)=O)[C@H]1CCN(Cc2ccc(C(=O)Nc3c(C)noc3C)cc2)C1. The van der Waals surface area contributed by atoms with Crippen LogP contribution in [0.15, 0.2) is 28.8 Å². The number of hydrogen-bond acceptors (Lipinski definition) is 5. The van der Waals surface area contributed by atoms with Crippen LogP contribution in [0.5, 0.6) is 0 Å². The van der Waals surface area contributed by atoms with Gasteiger partial charge in [-0.05, 0) is 44.9 Å². The second kappa shape index (κ2) is 8.56. The van der Waals surface area contributed by atoms with Crippen LogP contribution in [0, 0.1) is 13.8 Å². The van der Waals surface area contributed by atoms with Crippen molar-refractivity contribution < 1.29 is 14.1 Å². The molecule has 2 amide bonds. The third-order valence-electron chi connectivity index (χ3n) is 5.33. The molecule has 7 heteroatoms. The molecule has 1 atom stereocenters. The molecule has 150 valence electrons. The van der Waals surface area contributed by atoms with Gasteiger partial charge in [0.15, 0.2) is 5.76 Å². The number of nitrogens with one attached hydrogen (secondary N) is 1. The van der Waals surface area contributed by atoms with Crippen molar-refractivity contribution in [3.63, 3.8) is 0 Å². The van der Waals surface area contributed by atoms with Gasteiger partial charge in [0.1, 0.15) is 11.4 Å². The highest BCUT2D eigenvalue weighted by atomic mass is 16.5. The van der Waals surface area contributed by atoms with E-state index in [1.807, 2.05) is 36.1 Å². The molecular weight excluding hydrogens is 356 g/mol. The van der Waals surface area contributed by atoms with Crippen LogP contribution in [0.4, 0.5) is 5.69 Å². The van der Waals surface area contributed by atoms with Crippen LogP contribution >= 0.6 is 0 Å². The minimum absolute atomic E-state index is 0.142. The average Bonchev–Trinajstić information content (AvgIpc) is 3.24. The lowest BCUT2D eigenvalue weighted by Gasteiger charge is -2.26. The minimum atomic E-state index is -0.178. The maximum Gasteiger partial charge on any atom is 0.255 e. The van der Waals surface area contributed by atoms with Crippen LogP contribution in [0.2, 0.25) is 0 Å². The first-order valence-corrected chi connectivity index (χ1v) is 9.71. The number of hydrogen-bond donors (Lipinski definition) is 1. The zero-order valence-electron chi connectivity index (χ0n) is 17.0. The standard InChI is InChI=1S/C21H28N4O3/c1-5-25(16(4)26)19-10-11-24(13-19)12-17-6-8-18(9-7-17)21(27)22-20-14(2)23-28-15(20)3/h6-9,19H,5,10-13H2,1-4H3,(H,22,27)/t19-/m0/s1. The van der Waals surface area contributed by atoms with Crippen LogP contribution in [-0.2, 0) is 11.3 Å². The van der Waals surface area contributed by atoms with Crippen LogP contribution in [0.3, 0.4) is 0 Å². The summed E-state index contributed by atoms with van der Waals surface area (Å²) in [5.74, 6) is 0.558. The van der Waals surface area contributed by atoms with E-state index < -0.39 is 0 Å². The number of aromatic nitrogens is 1. The zero-order chi connectivity index (χ0) is 20.3. The maximum atomic E-state index is 12.5. The van der Waals surface area contributed by atoms with E-state index >= 15 is 0 Å². The number of carbonyl (C=O) groups is 2. The highest BCUT2D eigenvalue weighted by molar-refractivity contribution is 6.04. The number of aryl methyl sites for hydroxylation is 2. The number of benzene rings is 1. The molecule has 2 heterocycles. The summed E-state index contributed by atoms with van der Waals surface area (Å²) < 4.78 is 5.08. The highest BCUT2D eigenvalue weighted by Crippen LogP contribution is 2.21. The van der Waals surface area contributed by atoms with E-state index in [1.54, 1.807) is 20.8 Å². The molecule has 1 aromatic carbocycles. The molecule has 1 aromatic heterocycles. The van der Waals surface area contributed by atoms with Crippen LogP contribution in [0.1, 0.15) is 47.6 Å². The summed E-state index contributed by atoms with van der Waals surface area (Å²) in [4.78, 5) is 28.5. The van der Waals surface area contributed by atoms with Crippen molar-refractivity contribution in [2.75, 3.05) is 25.0 Å². The lowest BCUT2D eigenvalue weighted by atomic mass is 10.1. The van der Waals surface area contributed by atoms with E-state index in [0.29, 0.717) is 28.7 Å². The van der Waals surface area contributed by atoms with E-state index in [2.05, 4.69) is 15.4 Å². The number of amides is 2. The van der Waals surface area contributed by atoms with E-state index in [9.17, 15) is 9.59 Å². The van der Waals surface area contributed by atoms with Gasteiger partial charge in [0.25, 0.3) is 5.91 Å². The van der Waals surface area contributed by atoms with Crippen LogP contribution in [-0.4, -0.2) is 52.4 Å². The van der Waals surface area contributed by atoms with Crippen LogP contribution in [0.25, 0.3) is 0 Å². The molecule has 0 spiro atoms. The number of carbonyl (C=O) groups excluding carboxylic acids is 2. The third-order valence-corrected chi connectivity index (χ3v) is 5.33. The molecule has 1 fully saturated rings. The fourth-order valence-electron chi connectivity index (χ4n) is 3.82. The lowest BCUT2D eigenvalue weighted by molar-refractivity contribution is -0.130. The van der Waals surface area contributed by atoms with Gasteiger partial charge in [0.05, 0.1) is 0 Å². The molecule has 0 saturated carbocycles. The van der Waals surface area contributed by atoms with Crippen molar-refractivity contribution >= 4 is 17.5 Å². The maximum absolute atomic E-state index is 12.5. The van der Waals surface area contributed by atoms with Crippen molar-refractivity contribution in [1.29, 1.82) is 0 Å². The molecule has 1 N–H and O–H groups in total. The molecule has 0 aliphatic carbocycles. The molecule has 1 aliphatic heterocycles. The first kappa shape index (κ1) is 20.1. The molecule has 0 unspecified atom stereocenters. The number of likely N-dealkylation sites (tertiary alicyclic amines) is 1. The van der Waals surface area contributed by atoms with E-state index in [0.717, 1.165) is 38.2 Å². The first-order chi connectivity index (χ1) is 13.4. The summed E-state index contributed by atoms with van der Waals surface area (Å²) in [6, 6.07) is 7.94. The molecule has 0 bridgehead atoms. The summed E-state index contributed by atoms with van der Waals surface area (Å²) >= 11 is 0. The fourth-order valence-corrected chi connectivity index (χ4v) is 3.82. The van der Waals surface area contributed by atoms with Crippen molar-refractivity contribution in [1.82, 2.24) is 15.0 Å². The quantitative estimate of drug-likeness (QED) is 0.828. The van der Waals surface area contributed by atoms with E-state index in [-0.39, 0.29) is 11.8 Å². The number of nitrogens with zero attached hydrogens (tertiary/aromatic N) is 3. The fraction of sp³-hybridized carbons (Fsp3) is 0.476. The number of likely N-dealkylation sites (N-methyl/N-ethyl adjacent to an activating group) is 1. The summed E-state index contributed by atoms with van der Waals surface area (Å²) in [7, 11) is 0. The predicted molar refractivity (Wildman–Crippen MR) is 107 cm³/mol. The smallest absolute Gasteiger partial charge is 0.255 e. The molecule has 0 radical (unpaired) electrons. The van der Waals surface area contributed by atoms with Crippen molar-refractivity contribution in [2.45, 2.75) is 46.7 Å². The summed E-state index contributed by atoms with van der Waals surface area (Å²) in [6.45, 7) is 10.7. The Bertz CT molecular complexity index is 824. The Hall–Kier alpha value is -2.67. The molecular formula is C21H28N4O3. The molecule has 1 aliphatic rings. The minimum Gasteiger partial charge on any atom is -0.359 e. The average molecular weight is 384 g/mol. The Morgan fingerprint density at radius 2 is 2.00 bits per heavy atom. The Kier molecular flexibility index (Phi) is 6.14. The second-order valence-electron chi connectivity index (χ2n) is 7.33. The van der Waals surface area contributed by atoms with Gasteiger partial charge in [-0.2, -0.15) is 0 Å². The van der Waals surface area contributed by atoms with Gasteiger partial charge in [-0.15, -0.1) is 0 Å². The largest absolute Gasteiger partial charge is 0.359 e. The van der Waals surface area contributed by atoms with Crippen LogP contribution < -0.4 is 5.32 Å². The number of anilines is 1. The Morgan fingerprint density at radius 3 is 2.57 bits per heavy atom. The second-order valence-corrected chi connectivity index (χ2v) is 7.33. The zero-order valence-corrected chi connectivity index (χ0v) is 17.0. The Balaban J connectivity index is 1.58. The van der Waals surface area contributed by atoms with Gasteiger partial charge >= 0.3 is 0 Å². The molecule has 3 rings (SSSR count).